The van der Waals surface area contributed by atoms with E-state index in [-0.39, 0.29) is 30.7 Å². The highest BCUT2D eigenvalue weighted by Crippen LogP contribution is 2.22. The number of benzene rings is 1. The second kappa shape index (κ2) is 9.87. The van der Waals surface area contributed by atoms with Crippen molar-refractivity contribution in [2.24, 2.45) is 0 Å². The molecule has 0 saturated carbocycles. The van der Waals surface area contributed by atoms with Gasteiger partial charge in [-0.3, -0.25) is 4.79 Å². The van der Waals surface area contributed by atoms with Crippen LogP contribution in [-0.4, -0.2) is 43.5 Å². The molecule has 2 rings (SSSR count). The highest BCUT2D eigenvalue weighted by atomic mass is 35.5. The van der Waals surface area contributed by atoms with Gasteiger partial charge in [-0.25, -0.2) is 0 Å². The first-order valence-electron chi connectivity index (χ1n) is 7.12. The SMILES string of the molecule is CCN(CC)CCNC(=O)c1ccc2c(c1)CCN2.Cl.Cl. The second-order valence-corrected chi connectivity index (χ2v) is 4.83. The third-order valence-corrected chi connectivity index (χ3v) is 3.69. The Bertz CT molecular complexity index is 451. The number of nitrogens with zero attached hydrogens (tertiary/aromatic N) is 1. The molecule has 21 heavy (non-hydrogen) atoms. The maximum absolute atomic E-state index is 12.1. The van der Waals surface area contributed by atoms with Crippen LogP contribution >= 0.6 is 24.8 Å². The molecule has 1 aromatic carbocycles. The van der Waals surface area contributed by atoms with Crippen molar-refractivity contribution < 1.29 is 4.79 Å². The fraction of sp³-hybridized carbons (Fsp3) is 0.533. The zero-order valence-corrected chi connectivity index (χ0v) is 14.3. The fourth-order valence-corrected chi connectivity index (χ4v) is 2.42. The Morgan fingerprint density at radius 2 is 2.00 bits per heavy atom. The van der Waals surface area contributed by atoms with Crippen LogP contribution in [0.5, 0.6) is 0 Å². The molecule has 0 unspecified atom stereocenters. The summed E-state index contributed by atoms with van der Waals surface area (Å²) in [6, 6.07) is 5.90. The van der Waals surface area contributed by atoms with Crippen LogP contribution in [0.1, 0.15) is 29.8 Å². The lowest BCUT2D eigenvalue weighted by molar-refractivity contribution is 0.0949. The van der Waals surface area contributed by atoms with Crippen molar-refractivity contribution in [2.45, 2.75) is 20.3 Å². The molecule has 0 aliphatic carbocycles. The minimum absolute atomic E-state index is 0. The topological polar surface area (TPSA) is 44.4 Å². The van der Waals surface area contributed by atoms with Gasteiger partial charge in [-0.1, -0.05) is 13.8 Å². The smallest absolute Gasteiger partial charge is 0.251 e. The lowest BCUT2D eigenvalue weighted by atomic mass is 10.1. The van der Waals surface area contributed by atoms with E-state index in [4.69, 9.17) is 0 Å². The van der Waals surface area contributed by atoms with Crippen LogP contribution in [0.15, 0.2) is 18.2 Å². The Labute approximate surface area is 139 Å². The molecule has 1 aromatic rings. The van der Waals surface area contributed by atoms with Gasteiger partial charge in [0, 0.05) is 30.9 Å². The van der Waals surface area contributed by atoms with Crippen molar-refractivity contribution in [3.8, 4) is 0 Å². The Morgan fingerprint density at radius 1 is 1.29 bits per heavy atom. The van der Waals surface area contributed by atoms with Gasteiger partial charge in [0.15, 0.2) is 0 Å². The summed E-state index contributed by atoms with van der Waals surface area (Å²) in [4.78, 5) is 14.4. The van der Waals surface area contributed by atoms with Crippen LogP contribution in [0.3, 0.4) is 0 Å². The van der Waals surface area contributed by atoms with E-state index in [0.717, 1.165) is 38.2 Å². The summed E-state index contributed by atoms with van der Waals surface area (Å²) >= 11 is 0. The van der Waals surface area contributed by atoms with E-state index >= 15 is 0 Å². The Morgan fingerprint density at radius 3 is 2.67 bits per heavy atom. The van der Waals surface area contributed by atoms with Gasteiger partial charge in [-0.05, 0) is 43.3 Å². The number of likely N-dealkylation sites (N-methyl/N-ethyl adjacent to an activating group) is 1. The average molecular weight is 334 g/mol. The van der Waals surface area contributed by atoms with Crippen LogP contribution in [0, 0.1) is 0 Å². The predicted octanol–water partition coefficient (Wildman–Crippen LogP) is 2.57. The van der Waals surface area contributed by atoms with Crippen molar-refractivity contribution in [1.29, 1.82) is 0 Å². The molecule has 0 radical (unpaired) electrons. The summed E-state index contributed by atoms with van der Waals surface area (Å²) in [7, 11) is 0. The summed E-state index contributed by atoms with van der Waals surface area (Å²) in [6.07, 6.45) is 1.01. The molecule has 1 aliphatic heterocycles. The van der Waals surface area contributed by atoms with E-state index in [0.29, 0.717) is 6.54 Å². The number of anilines is 1. The number of halogens is 2. The highest BCUT2D eigenvalue weighted by Gasteiger charge is 2.13. The van der Waals surface area contributed by atoms with Gasteiger partial charge in [0.25, 0.3) is 5.91 Å². The van der Waals surface area contributed by atoms with Gasteiger partial charge in [-0.2, -0.15) is 0 Å². The van der Waals surface area contributed by atoms with Gasteiger partial charge in [-0.15, -0.1) is 24.8 Å². The van der Waals surface area contributed by atoms with Gasteiger partial charge in [0.2, 0.25) is 0 Å². The molecule has 1 heterocycles. The van der Waals surface area contributed by atoms with Gasteiger partial charge < -0.3 is 15.5 Å². The fourth-order valence-electron chi connectivity index (χ4n) is 2.42. The first-order chi connectivity index (χ1) is 9.24. The van der Waals surface area contributed by atoms with Crippen LogP contribution in [0.4, 0.5) is 5.69 Å². The number of fused-ring (bicyclic) bond motifs is 1. The molecule has 1 amide bonds. The molecule has 1 aliphatic rings. The van der Waals surface area contributed by atoms with Crippen molar-refractivity contribution in [2.75, 3.05) is 38.0 Å². The van der Waals surface area contributed by atoms with Gasteiger partial charge in [0.1, 0.15) is 0 Å². The summed E-state index contributed by atoms with van der Waals surface area (Å²) < 4.78 is 0. The average Bonchev–Trinajstić information content (AvgIpc) is 2.90. The van der Waals surface area contributed by atoms with Gasteiger partial charge in [0.05, 0.1) is 0 Å². The van der Waals surface area contributed by atoms with Crippen molar-refractivity contribution in [3.63, 3.8) is 0 Å². The van der Waals surface area contributed by atoms with Crippen LogP contribution in [0.2, 0.25) is 0 Å². The molecule has 2 N–H and O–H groups in total. The minimum Gasteiger partial charge on any atom is -0.384 e. The Hall–Kier alpha value is -0.970. The lowest BCUT2D eigenvalue weighted by Gasteiger charge is -2.18. The van der Waals surface area contributed by atoms with E-state index < -0.39 is 0 Å². The molecular weight excluding hydrogens is 309 g/mol. The van der Waals surface area contributed by atoms with E-state index in [1.54, 1.807) is 0 Å². The molecule has 0 saturated heterocycles. The maximum Gasteiger partial charge on any atom is 0.251 e. The largest absolute Gasteiger partial charge is 0.384 e. The lowest BCUT2D eigenvalue weighted by Crippen LogP contribution is -2.34. The molecular formula is C15H25Cl2N3O. The van der Waals surface area contributed by atoms with Crippen molar-refractivity contribution >= 4 is 36.4 Å². The number of hydrogen-bond acceptors (Lipinski definition) is 3. The number of carbonyl (C=O) groups excluding carboxylic acids is 1. The predicted molar refractivity (Wildman–Crippen MR) is 93.3 cm³/mol. The third kappa shape index (κ3) is 5.38. The molecule has 0 spiro atoms. The number of hydrogen-bond donors (Lipinski definition) is 2. The summed E-state index contributed by atoms with van der Waals surface area (Å²) in [6.45, 7) is 8.91. The number of amides is 1. The van der Waals surface area contributed by atoms with Crippen LogP contribution in [0.25, 0.3) is 0 Å². The number of nitrogens with one attached hydrogen (secondary N) is 2. The summed E-state index contributed by atoms with van der Waals surface area (Å²) in [5, 5.41) is 6.29. The summed E-state index contributed by atoms with van der Waals surface area (Å²) in [5.41, 5.74) is 3.18. The molecule has 6 heteroatoms. The maximum atomic E-state index is 12.1. The van der Waals surface area contributed by atoms with Crippen LogP contribution < -0.4 is 10.6 Å². The molecule has 120 valence electrons. The Kier molecular flexibility index (Phi) is 9.42. The monoisotopic (exact) mass is 333 g/mol. The summed E-state index contributed by atoms with van der Waals surface area (Å²) in [5.74, 6) is 0.0295. The van der Waals surface area contributed by atoms with Crippen LogP contribution in [-0.2, 0) is 6.42 Å². The molecule has 0 atom stereocenters. The molecule has 4 nitrogen and oxygen atoms in total. The van der Waals surface area contributed by atoms with Gasteiger partial charge >= 0.3 is 0 Å². The quantitative estimate of drug-likeness (QED) is 0.840. The molecule has 0 aromatic heterocycles. The third-order valence-electron chi connectivity index (χ3n) is 3.69. The minimum atomic E-state index is 0. The van der Waals surface area contributed by atoms with E-state index in [1.165, 1.54) is 11.3 Å². The first-order valence-corrected chi connectivity index (χ1v) is 7.12. The molecule has 0 bridgehead atoms. The van der Waals surface area contributed by atoms with Crippen molar-refractivity contribution in [1.82, 2.24) is 10.2 Å². The number of carbonyl (C=O) groups is 1. The highest BCUT2D eigenvalue weighted by molar-refractivity contribution is 5.95. The zero-order valence-electron chi connectivity index (χ0n) is 12.6. The normalized spacial score (nSPS) is 12.0. The number of rotatable bonds is 6. The standard InChI is InChI=1S/C15H23N3O.2ClH/c1-3-18(4-2)10-9-17-15(19)13-5-6-14-12(11-13)7-8-16-14;;/h5-6,11,16H,3-4,7-10H2,1-2H3,(H,17,19);2*1H. The second-order valence-electron chi connectivity index (χ2n) is 4.83. The first kappa shape index (κ1) is 20.0. The van der Waals surface area contributed by atoms with E-state index in [9.17, 15) is 4.79 Å². The molecule has 0 fully saturated rings. The zero-order chi connectivity index (χ0) is 13.7. The van der Waals surface area contributed by atoms with Crippen molar-refractivity contribution in [3.05, 3.63) is 29.3 Å². The van der Waals surface area contributed by atoms with E-state index in [1.807, 2.05) is 18.2 Å². The Balaban J connectivity index is 0.00000200. The van der Waals surface area contributed by atoms with E-state index in [2.05, 4.69) is 29.4 Å².